The van der Waals surface area contributed by atoms with E-state index in [1.165, 1.54) is 6.07 Å². The van der Waals surface area contributed by atoms with E-state index in [1.807, 2.05) is 13.8 Å². The number of halogens is 2. The highest BCUT2D eigenvalue weighted by Crippen LogP contribution is 2.34. The van der Waals surface area contributed by atoms with Crippen molar-refractivity contribution in [2.24, 2.45) is 0 Å². The number of benzene rings is 1. The molecule has 1 aromatic heterocycles. The number of hydrogen-bond acceptors (Lipinski definition) is 3. The van der Waals surface area contributed by atoms with E-state index in [9.17, 15) is 4.39 Å². The van der Waals surface area contributed by atoms with Crippen LogP contribution in [0.4, 0.5) is 10.1 Å². The second-order valence-corrected chi connectivity index (χ2v) is 7.68. The molecular weight excluding hydrogens is 307 g/mol. The van der Waals surface area contributed by atoms with Crippen molar-refractivity contribution < 1.29 is 4.39 Å². The molecule has 2 rings (SSSR count). The largest absolute Gasteiger partial charge is 0.375 e. The Bertz CT molecular complexity index is 646. The van der Waals surface area contributed by atoms with Crippen LogP contribution < -0.4 is 5.32 Å². The van der Waals surface area contributed by atoms with E-state index in [0.717, 1.165) is 15.6 Å². The quantitative estimate of drug-likeness (QED) is 0.780. The first-order valence-corrected chi connectivity index (χ1v) is 8.07. The topological polar surface area (TPSA) is 24.9 Å². The second-order valence-electron chi connectivity index (χ2n) is 6.21. The van der Waals surface area contributed by atoms with E-state index in [4.69, 9.17) is 11.6 Å². The molecule has 2 aromatic rings. The zero-order valence-corrected chi connectivity index (χ0v) is 14.5. The van der Waals surface area contributed by atoms with Crippen LogP contribution in [0.1, 0.15) is 49.3 Å². The summed E-state index contributed by atoms with van der Waals surface area (Å²) >= 11 is 7.45. The lowest BCUT2D eigenvalue weighted by Gasteiger charge is -2.16. The van der Waals surface area contributed by atoms with Crippen molar-refractivity contribution in [3.63, 3.8) is 0 Å². The fraction of sp³-hybridized carbons (Fsp3) is 0.438. The summed E-state index contributed by atoms with van der Waals surface area (Å²) < 4.78 is 13.9. The fourth-order valence-electron chi connectivity index (χ4n) is 2.04. The van der Waals surface area contributed by atoms with Crippen molar-refractivity contribution in [3.8, 4) is 0 Å². The van der Waals surface area contributed by atoms with E-state index in [0.29, 0.717) is 10.7 Å². The van der Waals surface area contributed by atoms with Crippen LogP contribution in [0.5, 0.6) is 0 Å². The maximum absolute atomic E-state index is 13.9. The first kappa shape index (κ1) is 16.2. The molecule has 0 spiro atoms. The molecule has 1 aromatic carbocycles. The van der Waals surface area contributed by atoms with Crippen molar-refractivity contribution in [2.75, 3.05) is 5.32 Å². The number of aryl methyl sites for hydroxylation is 1. The van der Waals surface area contributed by atoms with Crippen LogP contribution >= 0.6 is 22.9 Å². The summed E-state index contributed by atoms with van der Waals surface area (Å²) in [6, 6.07) is 4.65. The van der Waals surface area contributed by atoms with Gasteiger partial charge in [-0.1, -0.05) is 32.4 Å². The molecule has 114 valence electrons. The molecule has 5 heteroatoms. The van der Waals surface area contributed by atoms with E-state index >= 15 is 0 Å². The summed E-state index contributed by atoms with van der Waals surface area (Å²) in [5, 5.41) is 4.69. The van der Waals surface area contributed by atoms with Gasteiger partial charge in [0.15, 0.2) is 0 Å². The van der Waals surface area contributed by atoms with Gasteiger partial charge in [0, 0.05) is 15.3 Å². The second kappa shape index (κ2) is 5.93. The number of nitrogens with zero attached hydrogens (tertiary/aromatic N) is 1. The van der Waals surface area contributed by atoms with Crippen molar-refractivity contribution >= 4 is 28.6 Å². The van der Waals surface area contributed by atoms with E-state index < -0.39 is 0 Å². The van der Waals surface area contributed by atoms with Gasteiger partial charge in [-0.05, 0) is 32.0 Å². The molecular formula is C16H20ClFN2S. The molecule has 1 heterocycles. The Hall–Kier alpha value is -1.13. The monoisotopic (exact) mass is 326 g/mol. The summed E-state index contributed by atoms with van der Waals surface area (Å²) in [5.74, 6) is -0.340. The van der Waals surface area contributed by atoms with Crippen molar-refractivity contribution in [2.45, 2.75) is 46.1 Å². The fourth-order valence-corrected chi connectivity index (χ4v) is 3.32. The van der Waals surface area contributed by atoms with Gasteiger partial charge < -0.3 is 5.32 Å². The highest BCUT2D eigenvalue weighted by molar-refractivity contribution is 7.12. The maximum Gasteiger partial charge on any atom is 0.147 e. The zero-order chi connectivity index (χ0) is 15.8. The number of nitrogens with one attached hydrogen (secondary N) is 1. The average molecular weight is 327 g/mol. The molecule has 1 atom stereocenters. The third-order valence-corrected chi connectivity index (χ3v) is 5.17. The van der Waals surface area contributed by atoms with Crippen molar-refractivity contribution in [1.29, 1.82) is 0 Å². The molecule has 0 amide bonds. The van der Waals surface area contributed by atoms with Gasteiger partial charge >= 0.3 is 0 Å². The molecule has 0 bridgehead atoms. The van der Waals surface area contributed by atoms with Gasteiger partial charge in [0.2, 0.25) is 0 Å². The van der Waals surface area contributed by atoms with Crippen LogP contribution in [0.15, 0.2) is 18.2 Å². The number of hydrogen-bond donors (Lipinski definition) is 1. The van der Waals surface area contributed by atoms with Crippen molar-refractivity contribution in [1.82, 2.24) is 4.98 Å². The lowest BCUT2D eigenvalue weighted by molar-refractivity contribution is 0.584. The number of anilines is 1. The molecule has 0 aliphatic heterocycles. The smallest absolute Gasteiger partial charge is 0.147 e. The summed E-state index contributed by atoms with van der Waals surface area (Å²) in [6.45, 7) is 10.4. The van der Waals surface area contributed by atoms with Gasteiger partial charge in [0.25, 0.3) is 0 Å². The summed E-state index contributed by atoms with van der Waals surface area (Å²) in [5.41, 5.74) is 1.48. The number of aromatic nitrogens is 1. The Morgan fingerprint density at radius 3 is 2.52 bits per heavy atom. The molecule has 0 saturated heterocycles. The third-order valence-electron chi connectivity index (χ3n) is 3.17. The minimum Gasteiger partial charge on any atom is -0.375 e. The Morgan fingerprint density at radius 2 is 2.00 bits per heavy atom. The Morgan fingerprint density at radius 1 is 1.33 bits per heavy atom. The minimum atomic E-state index is -0.340. The third kappa shape index (κ3) is 3.74. The number of thiazole rings is 1. The SMILES string of the molecule is Cc1nc(C(C)(C)C)sc1C(C)Nc1ccc(Cl)cc1F. The van der Waals surface area contributed by atoms with Crippen LogP contribution in [0.2, 0.25) is 5.02 Å². The van der Waals surface area contributed by atoms with Crippen LogP contribution in [-0.4, -0.2) is 4.98 Å². The molecule has 0 radical (unpaired) electrons. The zero-order valence-electron chi connectivity index (χ0n) is 12.9. The van der Waals surface area contributed by atoms with E-state index in [1.54, 1.807) is 23.5 Å². The van der Waals surface area contributed by atoms with Gasteiger partial charge in [-0.3, -0.25) is 0 Å². The van der Waals surface area contributed by atoms with Gasteiger partial charge in [0.05, 0.1) is 22.4 Å². The van der Waals surface area contributed by atoms with Gasteiger partial charge in [-0.15, -0.1) is 11.3 Å². The highest BCUT2D eigenvalue weighted by atomic mass is 35.5. The standard InChI is InChI=1S/C16H20ClFN2S/c1-9(19-13-7-6-11(17)8-12(13)18)14-10(2)20-15(21-14)16(3,4)5/h6-9,19H,1-5H3. The summed E-state index contributed by atoms with van der Waals surface area (Å²) in [6.07, 6.45) is 0. The van der Waals surface area contributed by atoms with Crippen LogP contribution in [0.3, 0.4) is 0 Å². The molecule has 0 aliphatic carbocycles. The predicted molar refractivity (Wildman–Crippen MR) is 89.0 cm³/mol. The molecule has 0 fully saturated rings. The highest BCUT2D eigenvalue weighted by Gasteiger charge is 2.22. The molecule has 0 aliphatic rings. The first-order chi connectivity index (χ1) is 9.68. The Balaban J connectivity index is 2.24. The lowest BCUT2D eigenvalue weighted by Crippen LogP contribution is -2.10. The van der Waals surface area contributed by atoms with Gasteiger partial charge in [0.1, 0.15) is 5.82 Å². The van der Waals surface area contributed by atoms with Crippen LogP contribution in [-0.2, 0) is 5.41 Å². The Labute approximate surface area is 134 Å². The van der Waals surface area contributed by atoms with E-state index in [2.05, 4.69) is 31.1 Å². The summed E-state index contributed by atoms with van der Waals surface area (Å²) in [7, 11) is 0. The van der Waals surface area contributed by atoms with Crippen LogP contribution in [0, 0.1) is 12.7 Å². The van der Waals surface area contributed by atoms with Crippen LogP contribution in [0.25, 0.3) is 0 Å². The molecule has 21 heavy (non-hydrogen) atoms. The van der Waals surface area contributed by atoms with E-state index in [-0.39, 0.29) is 17.3 Å². The first-order valence-electron chi connectivity index (χ1n) is 6.88. The molecule has 1 N–H and O–H groups in total. The van der Waals surface area contributed by atoms with Crippen molar-refractivity contribution in [3.05, 3.63) is 44.6 Å². The lowest BCUT2D eigenvalue weighted by atomic mass is 9.98. The average Bonchev–Trinajstić information content (AvgIpc) is 2.75. The summed E-state index contributed by atoms with van der Waals surface area (Å²) in [4.78, 5) is 5.78. The van der Waals surface area contributed by atoms with Gasteiger partial charge in [-0.25, -0.2) is 9.37 Å². The normalized spacial score (nSPS) is 13.3. The molecule has 2 nitrogen and oxygen atoms in total. The minimum absolute atomic E-state index is 0.00530. The number of rotatable bonds is 3. The maximum atomic E-state index is 13.9. The predicted octanol–water partition coefficient (Wildman–Crippen LogP) is 5.71. The van der Waals surface area contributed by atoms with Gasteiger partial charge in [-0.2, -0.15) is 0 Å². The Kier molecular flexibility index (Phi) is 4.59. The molecule has 1 unspecified atom stereocenters. The molecule has 0 saturated carbocycles.